The van der Waals surface area contributed by atoms with Crippen LogP contribution < -0.4 is 10.6 Å². The van der Waals surface area contributed by atoms with E-state index in [1.54, 1.807) is 13.0 Å². The Bertz CT molecular complexity index is 573. The number of guanidine groups is 1. The van der Waals surface area contributed by atoms with Gasteiger partial charge < -0.3 is 24.9 Å². The highest BCUT2D eigenvalue weighted by molar-refractivity contribution is 14.0. The van der Waals surface area contributed by atoms with E-state index in [4.69, 9.17) is 4.42 Å². The van der Waals surface area contributed by atoms with E-state index in [0.29, 0.717) is 18.1 Å². The van der Waals surface area contributed by atoms with Gasteiger partial charge in [0.2, 0.25) is 0 Å². The van der Waals surface area contributed by atoms with E-state index in [-0.39, 0.29) is 36.5 Å². The van der Waals surface area contributed by atoms with Crippen LogP contribution in [-0.4, -0.2) is 43.8 Å². The van der Waals surface area contributed by atoms with Crippen LogP contribution in [0.25, 0.3) is 0 Å². The molecule has 0 amide bonds. The maximum Gasteiger partial charge on any atom is 0.305 e. The van der Waals surface area contributed by atoms with Gasteiger partial charge in [0, 0.05) is 19.5 Å². The Balaban J connectivity index is 0.00000676. The lowest BCUT2D eigenvalue weighted by Crippen LogP contribution is -2.39. The van der Waals surface area contributed by atoms with E-state index in [2.05, 4.69) is 20.4 Å². The van der Waals surface area contributed by atoms with E-state index < -0.39 is 5.60 Å². The zero-order chi connectivity index (χ0) is 19.4. The number of esters is 1. The molecule has 1 aromatic rings. The molecule has 1 unspecified atom stereocenters. The van der Waals surface area contributed by atoms with E-state index in [9.17, 15) is 9.90 Å². The maximum absolute atomic E-state index is 11.0. The summed E-state index contributed by atoms with van der Waals surface area (Å²) in [7, 11) is 1.41. The number of aliphatic imine (C=N–C) groups is 1. The third-order valence-corrected chi connectivity index (χ3v) is 3.99. The summed E-state index contributed by atoms with van der Waals surface area (Å²) in [6.07, 6.45) is 4.35. The van der Waals surface area contributed by atoms with Gasteiger partial charge in [-0.2, -0.15) is 0 Å². The molecule has 0 aliphatic heterocycles. The van der Waals surface area contributed by atoms with Crippen molar-refractivity contribution in [2.24, 2.45) is 4.99 Å². The third-order valence-electron chi connectivity index (χ3n) is 3.99. The number of hydrogen-bond acceptors (Lipinski definition) is 5. The highest BCUT2D eigenvalue weighted by Gasteiger charge is 2.26. The number of nitrogens with one attached hydrogen (secondary N) is 2. The van der Waals surface area contributed by atoms with Crippen molar-refractivity contribution in [3.05, 3.63) is 23.7 Å². The van der Waals surface area contributed by atoms with Gasteiger partial charge in [-0.15, -0.1) is 24.0 Å². The molecule has 1 heterocycles. The van der Waals surface area contributed by atoms with Crippen LogP contribution in [0.1, 0.15) is 57.5 Å². The Morgan fingerprint density at radius 2 is 1.96 bits per heavy atom. The predicted octanol–water partition coefficient (Wildman–Crippen LogP) is 3.09. The van der Waals surface area contributed by atoms with Crippen LogP contribution in [0.3, 0.4) is 0 Å². The van der Waals surface area contributed by atoms with Crippen molar-refractivity contribution in [3.63, 3.8) is 0 Å². The number of carbonyl (C=O) groups is 1. The number of unbranched alkanes of at least 4 members (excludes halogenated alkanes) is 3. The van der Waals surface area contributed by atoms with Crippen molar-refractivity contribution in [3.8, 4) is 0 Å². The van der Waals surface area contributed by atoms with Crippen molar-refractivity contribution in [1.29, 1.82) is 0 Å². The molecule has 0 spiro atoms. The number of hydrogen-bond donors (Lipinski definition) is 3. The van der Waals surface area contributed by atoms with Gasteiger partial charge in [0.1, 0.15) is 17.1 Å². The van der Waals surface area contributed by atoms with Crippen LogP contribution in [0.5, 0.6) is 0 Å². The average molecular weight is 495 g/mol. The summed E-state index contributed by atoms with van der Waals surface area (Å²) in [6.45, 7) is 7.27. The smallest absolute Gasteiger partial charge is 0.305 e. The number of carbonyl (C=O) groups excluding carboxylic acids is 1. The zero-order valence-electron chi connectivity index (χ0n) is 16.8. The van der Waals surface area contributed by atoms with Crippen molar-refractivity contribution < 1.29 is 19.1 Å². The second-order valence-electron chi connectivity index (χ2n) is 6.55. The number of halogens is 1. The fraction of sp³-hybridized carbons (Fsp3) is 0.684. The van der Waals surface area contributed by atoms with Crippen LogP contribution in [0.15, 0.2) is 21.5 Å². The number of aryl methyl sites for hydroxylation is 1. The Hall–Kier alpha value is -1.29. The minimum atomic E-state index is -1.15. The molecular formula is C19H34IN3O4. The molecule has 1 atom stereocenters. The summed E-state index contributed by atoms with van der Waals surface area (Å²) in [5.41, 5.74) is -1.15. The molecule has 8 heteroatoms. The molecule has 1 rings (SSSR count). The molecule has 27 heavy (non-hydrogen) atoms. The SMILES string of the molecule is CCNC(=NCC(C)(O)c1ccc(C)o1)NCCCCCCC(=O)OC.I. The molecule has 0 aromatic carbocycles. The summed E-state index contributed by atoms with van der Waals surface area (Å²) in [5, 5.41) is 17.0. The molecule has 3 N–H and O–H groups in total. The highest BCUT2D eigenvalue weighted by Crippen LogP contribution is 2.23. The van der Waals surface area contributed by atoms with E-state index in [1.807, 2.05) is 19.9 Å². The topological polar surface area (TPSA) is 96.1 Å². The van der Waals surface area contributed by atoms with Gasteiger partial charge in [-0.05, 0) is 45.7 Å². The normalized spacial score (nSPS) is 13.4. The zero-order valence-corrected chi connectivity index (χ0v) is 19.2. The van der Waals surface area contributed by atoms with Crippen molar-refractivity contribution in [1.82, 2.24) is 10.6 Å². The monoisotopic (exact) mass is 495 g/mol. The summed E-state index contributed by atoms with van der Waals surface area (Å²) in [4.78, 5) is 15.5. The Morgan fingerprint density at radius 3 is 2.56 bits per heavy atom. The van der Waals surface area contributed by atoms with Crippen molar-refractivity contribution >= 4 is 35.9 Å². The van der Waals surface area contributed by atoms with Gasteiger partial charge in [-0.1, -0.05) is 12.8 Å². The average Bonchev–Trinajstić information content (AvgIpc) is 3.05. The number of rotatable bonds is 11. The Labute approximate surface area is 179 Å². The van der Waals surface area contributed by atoms with Gasteiger partial charge in [0.05, 0.1) is 13.7 Å². The Morgan fingerprint density at radius 1 is 1.26 bits per heavy atom. The van der Waals surface area contributed by atoms with Crippen LogP contribution >= 0.6 is 24.0 Å². The quantitative estimate of drug-likeness (QED) is 0.144. The molecule has 0 aliphatic carbocycles. The first-order chi connectivity index (χ1) is 12.4. The first kappa shape index (κ1) is 25.7. The third kappa shape index (κ3) is 10.6. The molecular weight excluding hydrogens is 461 g/mol. The molecule has 0 aliphatic rings. The molecule has 1 aromatic heterocycles. The fourth-order valence-electron chi connectivity index (χ4n) is 2.43. The molecule has 156 valence electrons. The second kappa shape index (κ2) is 13.8. The van der Waals surface area contributed by atoms with Gasteiger partial charge in [-0.25, -0.2) is 4.99 Å². The lowest BCUT2D eigenvalue weighted by Gasteiger charge is -2.19. The number of aliphatic hydroxyl groups is 1. The predicted molar refractivity (Wildman–Crippen MR) is 118 cm³/mol. The Kier molecular flexibility index (Phi) is 13.2. The number of furan rings is 1. The summed E-state index contributed by atoms with van der Waals surface area (Å²) in [6, 6.07) is 3.61. The maximum atomic E-state index is 11.0. The molecule has 0 saturated heterocycles. The molecule has 0 radical (unpaired) electrons. The first-order valence-electron chi connectivity index (χ1n) is 9.27. The van der Waals surface area contributed by atoms with Crippen LogP contribution in [0.4, 0.5) is 0 Å². The largest absolute Gasteiger partial charge is 0.469 e. The minimum absolute atomic E-state index is 0. The lowest BCUT2D eigenvalue weighted by atomic mass is 10.0. The number of methoxy groups -OCH3 is 1. The highest BCUT2D eigenvalue weighted by atomic mass is 127. The molecule has 0 fully saturated rings. The molecule has 0 bridgehead atoms. The van der Waals surface area contributed by atoms with Crippen LogP contribution in [-0.2, 0) is 15.1 Å². The van der Waals surface area contributed by atoms with Gasteiger partial charge in [0.25, 0.3) is 0 Å². The molecule has 7 nitrogen and oxygen atoms in total. The summed E-state index contributed by atoms with van der Waals surface area (Å²) < 4.78 is 10.1. The number of nitrogens with zero attached hydrogens (tertiary/aromatic N) is 1. The van der Waals surface area contributed by atoms with E-state index in [0.717, 1.165) is 44.5 Å². The minimum Gasteiger partial charge on any atom is -0.469 e. The van der Waals surface area contributed by atoms with Crippen LogP contribution in [0, 0.1) is 6.92 Å². The number of ether oxygens (including phenoxy) is 1. The van der Waals surface area contributed by atoms with Gasteiger partial charge in [-0.3, -0.25) is 4.79 Å². The van der Waals surface area contributed by atoms with Crippen molar-refractivity contribution in [2.45, 2.75) is 58.5 Å². The standard InChI is InChI=1S/C19H33N3O4.HI/c1-5-20-18(21-13-9-7-6-8-10-17(23)25-4)22-14-19(3,24)16-12-11-15(2)26-16;/h11-12,24H,5-10,13-14H2,1-4H3,(H2,20,21,22);1H. The van der Waals surface area contributed by atoms with Crippen LogP contribution in [0.2, 0.25) is 0 Å². The summed E-state index contributed by atoms with van der Waals surface area (Å²) in [5.74, 6) is 1.80. The lowest BCUT2D eigenvalue weighted by molar-refractivity contribution is -0.140. The van der Waals surface area contributed by atoms with Gasteiger partial charge in [0.15, 0.2) is 5.96 Å². The van der Waals surface area contributed by atoms with Gasteiger partial charge >= 0.3 is 5.97 Å². The summed E-state index contributed by atoms with van der Waals surface area (Å²) >= 11 is 0. The van der Waals surface area contributed by atoms with Crippen molar-refractivity contribution in [2.75, 3.05) is 26.7 Å². The molecule has 0 saturated carbocycles. The first-order valence-corrected chi connectivity index (χ1v) is 9.27. The fourth-order valence-corrected chi connectivity index (χ4v) is 2.43. The van der Waals surface area contributed by atoms with E-state index in [1.165, 1.54) is 7.11 Å². The second-order valence-corrected chi connectivity index (χ2v) is 6.55. The van der Waals surface area contributed by atoms with E-state index >= 15 is 0 Å².